The van der Waals surface area contributed by atoms with E-state index in [4.69, 9.17) is 4.74 Å². The minimum atomic E-state index is -0.0894. The highest BCUT2D eigenvalue weighted by Crippen LogP contribution is 2.09. The Hall–Kier alpha value is -1.88. The molecule has 1 aromatic carbocycles. The predicted molar refractivity (Wildman–Crippen MR) is 84.6 cm³/mol. The van der Waals surface area contributed by atoms with E-state index in [2.05, 4.69) is 5.32 Å². The van der Waals surface area contributed by atoms with Crippen molar-refractivity contribution in [3.63, 3.8) is 0 Å². The second kappa shape index (κ2) is 8.54. The Morgan fingerprint density at radius 2 is 2.09 bits per heavy atom. The van der Waals surface area contributed by atoms with E-state index < -0.39 is 0 Å². The molecule has 0 aromatic heterocycles. The van der Waals surface area contributed by atoms with Crippen molar-refractivity contribution in [1.29, 1.82) is 0 Å². The zero-order chi connectivity index (χ0) is 15.8. The van der Waals surface area contributed by atoms with Crippen molar-refractivity contribution in [3.05, 3.63) is 30.3 Å². The van der Waals surface area contributed by atoms with Gasteiger partial charge < -0.3 is 15.0 Å². The summed E-state index contributed by atoms with van der Waals surface area (Å²) in [5.74, 6) is -0.0775. The van der Waals surface area contributed by atoms with E-state index in [0.29, 0.717) is 13.0 Å². The SMILES string of the molecule is CCOC(=O)[C@H]1CCC[NH+](CCC(=O)Nc2ccccc2)C1. The normalized spacial score (nSPS) is 21.1. The lowest BCUT2D eigenvalue weighted by molar-refractivity contribution is -0.906. The fourth-order valence-corrected chi connectivity index (χ4v) is 2.87. The molecule has 120 valence electrons. The second-order valence-corrected chi connectivity index (χ2v) is 5.71. The number of amides is 1. The molecule has 2 rings (SSSR count). The number of rotatable bonds is 6. The van der Waals surface area contributed by atoms with Crippen LogP contribution >= 0.6 is 0 Å². The maximum atomic E-state index is 12.0. The molecular formula is C17H25N2O3+. The molecule has 1 unspecified atom stereocenters. The Labute approximate surface area is 131 Å². The summed E-state index contributed by atoms with van der Waals surface area (Å²) in [6.07, 6.45) is 2.39. The summed E-state index contributed by atoms with van der Waals surface area (Å²) in [7, 11) is 0. The molecule has 5 heteroatoms. The van der Waals surface area contributed by atoms with Crippen molar-refractivity contribution in [2.75, 3.05) is 31.6 Å². The van der Waals surface area contributed by atoms with Gasteiger partial charge in [-0.2, -0.15) is 0 Å². The van der Waals surface area contributed by atoms with E-state index in [-0.39, 0.29) is 17.8 Å². The van der Waals surface area contributed by atoms with Gasteiger partial charge in [-0.05, 0) is 31.9 Å². The van der Waals surface area contributed by atoms with Crippen LogP contribution in [0.2, 0.25) is 0 Å². The average Bonchev–Trinajstić information content (AvgIpc) is 2.54. The Kier molecular flexibility index (Phi) is 6.40. The van der Waals surface area contributed by atoms with E-state index in [9.17, 15) is 9.59 Å². The van der Waals surface area contributed by atoms with Crippen LogP contribution in [0.3, 0.4) is 0 Å². The third-order valence-electron chi connectivity index (χ3n) is 4.00. The summed E-state index contributed by atoms with van der Waals surface area (Å²) in [5.41, 5.74) is 0.825. The van der Waals surface area contributed by atoms with Crippen molar-refractivity contribution in [2.45, 2.75) is 26.2 Å². The summed E-state index contributed by atoms with van der Waals surface area (Å²) in [6, 6.07) is 9.47. The number of para-hydroxylation sites is 1. The lowest BCUT2D eigenvalue weighted by atomic mass is 9.98. The number of nitrogens with one attached hydrogen (secondary N) is 2. The molecule has 2 N–H and O–H groups in total. The molecule has 1 amide bonds. The van der Waals surface area contributed by atoms with Crippen LogP contribution in [0.15, 0.2) is 30.3 Å². The molecule has 22 heavy (non-hydrogen) atoms. The molecule has 1 heterocycles. The van der Waals surface area contributed by atoms with Gasteiger partial charge in [-0.1, -0.05) is 18.2 Å². The van der Waals surface area contributed by atoms with Gasteiger partial charge in [-0.3, -0.25) is 9.59 Å². The van der Waals surface area contributed by atoms with Crippen LogP contribution in [0.5, 0.6) is 0 Å². The van der Waals surface area contributed by atoms with Gasteiger partial charge in [0.2, 0.25) is 5.91 Å². The molecule has 2 atom stereocenters. The van der Waals surface area contributed by atoms with Gasteiger partial charge >= 0.3 is 5.97 Å². The van der Waals surface area contributed by atoms with Crippen molar-refractivity contribution in [2.24, 2.45) is 5.92 Å². The summed E-state index contributed by atoms with van der Waals surface area (Å²) in [4.78, 5) is 25.1. The molecular weight excluding hydrogens is 280 g/mol. The number of hydrogen-bond acceptors (Lipinski definition) is 3. The van der Waals surface area contributed by atoms with Crippen LogP contribution in [0.4, 0.5) is 5.69 Å². The van der Waals surface area contributed by atoms with Crippen LogP contribution < -0.4 is 10.2 Å². The first kappa shape index (κ1) is 16.5. The number of anilines is 1. The number of ether oxygens (including phenoxy) is 1. The molecule has 0 aliphatic carbocycles. The Morgan fingerprint density at radius 1 is 1.32 bits per heavy atom. The maximum Gasteiger partial charge on any atom is 0.314 e. The molecule has 0 saturated carbocycles. The molecule has 5 nitrogen and oxygen atoms in total. The van der Waals surface area contributed by atoms with E-state index in [1.165, 1.54) is 4.90 Å². The van der Waals surface area contributed by atoms with Crippen molar-refractivity contribution in [3.8, 4) is 0 Å². The van der Waals surface area contributed by atoms with Crippen molar-refractivity contribution < 1.29 is 19.2 Å². The van der Waals surface area contributed by atoms with E-state index >= 15 is 0 Å². The van der Waals surface area contributed by atoms with Gasteiger partial charge in [0.1, 0.15) is 5.92 Å². The first-order valence-electron chi connectivity index (χ1n) is 8.04. The Bertz CT molecular complexity index is 490. The third kappa shape index (κ3) is 5.15. The number of quaternary nitrogens is 1. The molecule has 1 aromatic rings. The highest BCUT2D eigenvalue weighted by Gasteiger charge is 2.29. The number of carbonyl (C=O) groups is 2. The molecule has 0 radical (unpaired) electrons. The largest absolute Gasteiger partial charge is 0.466 e. The van der Waals surface area contributed by atoms with Gasteiger partial charge in [-0.15, -0.1) is 0 Å². The summed E-state index contributed by atoms with van der Waals surface area (Å²) >= 11 is 0. The number of likely N-dealkylation sites (tertiary alicyclic amines) is 1. The minimum absolute atomic E-state index is 0.0131. The van der Waals surface area contributed by atoms with E-state index in [1.807, 2.05) is 37.3 Å². The zero-order valence-electron chi connectivity index (χ0n) is 13.1. The van der Waals surface area contributed by atoms with Crippen LogP contribution in [0.25, 0.3) is 0 Å². The number of piperidine rings is 1. The number of hydrogen-bond donors (Lipinski definition) is 2. The molecule has 1 fully saturated rings. The zero-order valence-corrected chi connectivity index (χ0v) is 13.1. The molecule has 1 saturated heterocycles. The quantitative estimate of drug-likeness (QED) is 0.767. The van der Waals surface area contributed by atoms with Crippen molar-refractivity contribution in [1.82, 2.24) is 0 Å². The average molecular weight is 305 g/mol. The lowest BCUT2D eigenvalue weighted by Gasteiger charge is -2.28. The minimum Gasteiger partial charge on any atom is -0.466 e. The van der Waals surface area contributed by atoms with Gasteiger partial charge in [0.05, 0.1) is 32.7 Å². The third-order valence-corrected chi connectivity index (χ3v) is 4.00. The van der Waals surface area contributed by atoms with Gasteiger partial charge in [0.25, 0.3) is 0 Å². The first-order valence-corrected chi connectivity index (χ1v) is 8.04. The highest BCUT2D eigenvalue weighted by atomic mass is 16.5. The maximum absolute atomic E-state index is 12.0. The van der Waals surface area contributed by atoms with Gasteiger partial charge in [-0.25, -0.2) is 0 Å². The summed E-state index contributed by atoms with van der Waals surface area (Å²) in [5, 5.41) is 2.89. The number of carbonyl (C=O) groups excluding carboxylic acids is 2. The van der Waals surface area contributed by atoms with Crippen molar-refractivity contribution >= 4 is 17.6 Å². The second-order valence-electron chi connectivity index (χ2n) is 5.71. The Balaban J connectivity index is 1.74. The van der Waals surface area contributed by atoms with Crippen LogP contribution in [-0.2, 0) is 14.3 Å². The topological polar surface area (TPSA) is 59.8 Å². The van der Waals surface area contributed by atoms with Gasteiger partial charge in [0.15, 0.2) is 0 Å². The Morgan fingerprint density at radius 3 is 2.82 bits per heavy atom. The van der Waals surface area contributed by atoms with Crippen LogP contribution in [0.1, 0.15) is 26.2 Å². The molecule has 1 aliphatic rings. The predicted octanol–water partition coefficient (Wildman–Crippen LogP) is 0.873. The molecule has 0 spiro atoms. The monoisotopic (exact) mass is 305 g/mol. The smallest absolute Gasteiger partial charge is 0.314 e. The number of benzene rings is 1. The standard InChI is InChI=1S/C17H24N2O3/c1-2-22-17(21)14-7-6-11-19(13-14)12-10-16(20)18-15-8-4-3-5-9-15/h3-5,8-9,14H,2,6-7,10-13H2,1H3,(H,18,20)/p+1/t14-/m0/s1. The van der Waals surface area contributed by atoms with Crippen LogP contribution in [0, 0.1) is 5.92 Å². The molecule has 1 aliphatic heterocycles. The fraction of sp³-hybridized carbons (Fsp3) is 0.529. The van der Waals surface area contributed by atoms with E-state index in [1.54, 1.807) is 0 Å². The summed E-state index contributed by atoms with van der Waals surface area (Å²) in [6.45, 7) is 4.82. The first-order chi connectivity index (χ1) is 10.7. The lowest BCUT2D eigenvalue weighted by Crippen LogP contribution is -3.13. The highest BCUT2D eigenvalue weighted by molar-refractivity contribution is 5.90. The van der Waals surface area contributed by atoms with Crippen LogP contribution in [-0.4, -0.2) is 38.1 Å². The fourth-order valence-electron chi connectivity index (χ4n) is 2.87. The number of esters is 1. The van der Waals surface area contributed by atoms with E-state index in [0.717, 1.165) is 38.2 Å². The summed E-state index contributed by atoms with van der Waals surface area (Å²) < 4.78 is 5.10. The van der Waals surface area contributed by atoms with Gasteiger partial charge in [0, 0.05) is 5.69 Å². The molecule has 0 bridgehead atoms.